The van der Waals surface area contributed by atoms with Gasteiger partial charge in [0.15, 0.2) is 4.34 Å². The predicted octanol–water partition coefficient (Wildman–Crippen LogP) is 2.04. The molecule has 0 saturated carbocycles. The van der Waals surface area contributed by atoms with Crippen LogP contribution in [0.25, 0.3) is 0 Å². The highest BCUT2D eigenvalue weighted by Gasteiger charge is 2.15. The first-order chi connectivity index (χ1) is 7.14. The lowest BCUT2D eigenvalue weighted by atomic mass is 9.99. The van der Waals surface area contributed by atoms with E-state index in [4.69, 9.17) is 11.0 Å². The summed E-state index contributed by atoms with van der Waals surface area (Å²) in [5.74, 6) is 1.01. The third-order valence-corrected chi connectivity index (χ3v) is 3.80. The summed E-state index contributed by atoms with van der Waals surface area (Å²) in [4.78, 5) is 4.07. The lowest BCUT2D eigenvalue weighted by Gasteiger charge is -2.13. The van der Waals surface area contributed by atoms with Crippen LogP contribution in [0.1, 0.15) is 26.2 Å². The van der Waals surface area contributed by atoms with Crippen LogP contribution < -0.4 is 5.73 Å². The standard InChI is InChI=1S/C9H14N4S2/c1-9(11,6-10)4-2-3-5-14-8-12-7-13-15-8/h7H,2-5,11H2,1H3. The molecular formula is C9H14N4S2. The van der Waals surface area contributed by atoms with Crippen LogP contribution in [0.3, 0.4) is 0 Å². The second kappa shape index (κ2) is 6.05. The van der Waals surface area contributed by atoms with Crippen molar-refractivity contribution in [2.75, 3.05) is 5.75 Å². The molecule has 1 rings (SSSR count). The van der Waals surface area contributed by atoms with E-state index in [0.29, 0.717) is 0 Å². The Bertz CT molecular complexity index is 315. The van der Waals surface area contributed by atoms with Gasteiger partial charge in [0.1, 0.15) is 11.9 Å². The Balaban J connectivity index is 2.06. The van der Waals surface area contributed by atoms with E-state index in [9.17, 15) is 0 Å². The Hall–Kier alpha value is -0.640. The van der Waals surface area contributed by atoms with Crippen LogP contribution in [0.15, 0.2) is 10.7 Å². The zero-order valence-corrected chi connectivity index (χ0v) is 10.3. The molecular weight excluding hydrogens is 228 g/mol. The second-order valence-corrected chi connectivity index (χ2v) is 5.66. The molecule has 0 saturated heterocycles. The Labute approximate surface area is 98.1 Å². The molecule has 1 aromatic heterocycles. The second-order valence-electron chi connectivity index (χ2n) is 3.54. The number of aromatic nitrogens is 2. The van der Waals surface area contributed by atoms with Crippen molar-refractivity contribution in [3.8, 4) is 6.07 Å². The van der Waals surface area contributed by atoms with E-state index >= 15 is 0 Å². The molecule has 0 bridgehead atoms. The summed E-state index contributed by atoms with van der Waals surface area (Å²) in [7, 11) is 0. The van der Waals surface area contributed by atoms with Gasteiger partial charge in [0.2, 0.25) is 0 Å². The SMILES string of the molecule is CC(N)(C#N)CCCCSc1ncns1. The number of nitrogens with two attached hydrogens (primary N) is 1. The Morgan fingerprint density at radius 1 is 1.67 bits per heavy atom. The molecule has 2 N–H and O–H groups in total. The van der Waals surface area contributed by atoms with Gasteiger partial charge in [0.25, 0.3) is 0 Å². The largest absolute Gasteiger partial charge is 0.314 e. The first kappa shape index (κ1) is 12.4. The van der Waals surface area contributed by atoms with Crippen LogP contribution in [0, 0.1) is 11.3 Å². The fraction of sp³-hybridized carbons (Fsp3) is 0.667. The minimum absolute atomic E-state index is 0.673. The van der Waals surface area contributed by atoms with E-state index in [1.54, 1.807) is 25.0 Å². The van der Waals surface area contributed by atoms with Crippen LogP contribution >= 0.6 is 23.3 Å². The molecule has 0 fully saturated rings. The van der Waals surface area contributed by atoms with Gasteiger partial charge in [0.05, 0.1) is 6.07 Å². The van der Waals surface area contributed by atoms with E-state index in [-0.39, 0.29) is 0 Å². The number of hydrogen-bond donors (Lipinski definition) is 1. The highest BCUT2D eigenvalue weighted by atomic mass is 32.2. The summed E-state index contributed by atoms with van der Waals surface area (Å²) in [6.07, 6.45) is 4.35. The topological polar surface area (TPSA) is 75.6 Å². The number of nitrogens with zero attached hydrogens (tertiary/aromatic N) is 3. The van der Waals surface area contributed by atoms with Crippen molar-refractivity contribution in [2.24, 2.45) is 5.73 Å². The Kier molecular flexibility index (Phi) is 5.02. The summed E-state index contributed by atoms with van der Waals surface area (Å²) in [5, 5.41) is 8.70. The highest BCUT2D eigenvalue weighted by Crippen LogP contribution is 2.20. The monoisotopic (exact) mass is 242 g/mol. The third kappa shape index (κ3) is 5.11. The zero-order chi connectivity index (χ0) is 11.1. The van der Waals surface area contributed by atoms with Crippen LogP contribution in [0.4, 0.5) is 0 Å². The van der Waals surface area contributed by atoms with E-state index in [2.05, 4.69) is 15.4 Å². The van der Waals surface area contributed by atoms with Crippen molar-refractivity contribution < 1.29 is 0 Å². The van der Waals surface area contributed by atoms with Gasteiger partial charge in [-0.25, -0.2) is 4.98 Å². The summed E-state index contributed by atoms with van der Waals surface area (Å²) in [6.45, 7) is 1.77. The molecule has 6 heteroatoms. The van der Waals surface area contributed by atoms with Crippen LogP contribution in [-0.4, -0.2) is 20.6 Å². The van der Waals surface area contributed by atoms with Gasteiger partial charge in [-0.2, -0.15) is 9.64 Å². The van der Waals surface area contributed by atoms with Gasteiger partial charge in [-0.1, -0.05) is 11.8 Å². The average Bonchev–Trinajstić information content (AvgIpc) is 2.70. The minimum atomic E-state index is -0.673. The Morgan fingerprint density at radius 3 is 3.07 bits per heavy atom. The van der Waals surface area contributed by atoms with E-state index < -0.39 is 5.54 Å². The normalized spacial score (nSPS) is 14.5. The maximum Gasteiger partial charge on any atom is 0.169 e. The maximum atomic E-state index is 8.70. The van der Waals surface area contributed by atoms with Crippen molar-refractivity contribution in [1.82, 2.24) is 9.36 Å². The van der Waals surface area contributed by atoms with Gasteiger partial charge in [-0.05, 0) is 37.7 Å². The van der Waals surface area contributed by atoms with Crippen molar-refractivity contribution in [3.05, 3.63) is 6.33 Å². The quantitative estimate of drug-likeness (QED) is 0.610. The summed E-state index contributed by atoms with van der Waals surface area (Å²) < 4.78 is 4.93. The van der Waals surface area contributed by atoms with Gasteiger partial charge < -0.3 is 5.73 Å². The molecule has 0 radical (unpaired) electrons. The molecule has 0 aliphatic rings. The number of hydrogen-bond acceptors (Lipinski definition) is 6. The molecule has 1 atom stereocenters. The zero-order valence-electron chi connectivity index (χ0n) is 8.64. The summed E-state index contributed by atoms with van der Waals surface area (Å²) >= 11 is 3.12. The minimum Gasteiger partial charge on any atom is -0.314 e. The van der Waals surface area contributed by atoms with Gasteiger partial charge in [-0.3, -0.25) is 0 Å². The van der Waals surface area contributed by atoms with Crippen molar-refractivity contribution in [2.45, 2.75) is 36.1 Å². The van der Waals surface area contributed by atoms with Crippen LogP contribution in [0.5, 0.6) is 0 Å². The molecule has 0 aromatic carbocycles. The van der Waals surface area contributed by atoms with Crippen molar-refractivity contribution in [3.63, 3.8) is 0 Å². The summed E-state index contributed by atoms with van der Waals surface area (Å²) in [6, 6.07) is 2.10. The maximum absolute atomic E-state index is 8.70. The first-order valence-electron chi connectivity index (χ1n) is 4.74. The van der Waals surface area contributed by atoms with E-state index in [1.165, 1.54) is 11.5 Å². The Morgan fingerprint density at radius 2 is 2.47 bits per heavy atom. The van der Waals surface area contributed by atoms with Crippen molar-refractivity contribution in [1.29, 1.82) is 5.26 Å². The molecule has 0 aliphatic carbocycles. The molecule has 15 heavy (non-hydrogen) atoms. The lowest BCUT2D eigenvalue weighted by molar-refractivity contribution is 0.519. The molecule has 0 spiro atoms. The molecule has 0 amide bonds. The fourth-order valence-corrected chi connectivity index (χ4v) is 2.55. The molecule has 82 valence electrons. The highest BCUT2D eigenvalue weighted by molar-refractivity contribution is 8.00. The van der Waals surface area contributed by atoms with Crippen LogP contribution in [-0.2, 0) is 0 Å². The number of thioether (sulfide) groups is 1. The first-order valence-corrected chi connectivity index (χ1v) is 6.49. The van der Waals surface area contributed by atoms with Gasteiger partial charge >= 0.3 is 0 Å². The van der Waals surface area contributed by atoms with Gasteiger partial charge in [0, 0.05) is 5.75 Å². The summed E-state index contributed by atoms with van der Waals surface area (Å²) in [5.41, 5.74) is 5.03. The predicted molar refractivity (Wildman–Crippen MR) is 62.7 cm³/mol. The van der Waals surface area contributed by atoms with Crippen molar-refractivity contribution >= 4 is 23.3 Å². The molecule has 1 aromatic rings. The molecule has 4 nitrogen and oxygen atoms in total. The smallest absolute Gasteiger partial charge is 0.169 e. The average molecular weight is 242 g/mol. The molecule has 1 unspecified atom stereocenters. The number of unbranched alkanes of at least 4 members (excludes halogenated alkanes) is 1. The van der Waals surface area contributed by atoms with Crippen LogP contribution in [0.2, 0.25) is 0 Å². The number of rotatable bonds is 6. The molecule has 0 aliphatic heterocycles. The number of nitriles is 1. The van der Waals surface area contributed by atoms with Gasteiger partial charge in [-0.15, -0.1) is 0 Å². The van der Waals surface area contributed by atoms with E-state index in [1.807, 2.05) is 0 Å². The third-order valence-electron chi connectivity index (χ3n) is 1.91. The molecule has 1 heterocycles. The van der Waals surface area contributed by atoms with E-state index in [0.717, 1.165) is 29.4 Å². The fourth-order valence-electron chi connectivity index (χ4n) is 1.04. The lowest BCUT2D eigenvalue weighted by Crippen LogP contribution is -2.33.